The highest BCUT2D eigenvalue weighted by Gasteiger charge is 2.22. The Balaban J connectivity index is 2.10. The minimum atomic E-state index is -3.70. The Hall–Kier alpha value is -2.71. The summed E-state index contributed by atoms with van der Waals surface area (Å²) < 4.78 is 33.5. The first-order valence-corrected chi connectivity index (χ1v) is 11.0. The number of benzene rings is 1. The minimum absolute atomic E-state index is 0.0429. The number of fused-ring (bicyclic) bond motifs is 1. The quantitative estimate of drug-likeness (QED) is 0.552. The molecule has 2 heterocycles. The van der Waals surface area contributed by atoms with Gasteiger partial charge in [-0.3, -0.25) is 4.79 Å². The van der Waals surface area contributed by atoms with Crippen molar-refractivity contribution in [1.82, 2.24) is 8.87 Å². The van der Waals surface area contributed by atoms with Gasteiger partial charge in [-0.25, -0.2) is 13.2 Å². The number of sulfonamides is 1. The molecule has 0 amide bonds. The molecule has 1 aromatic carbocycles. The van der Waals surface area contributed by atoms with Crippen molar-refractivity contribution in [2.45, 2.75) is 38.6 Å². The van der Waals surface area contributed by atoms with E-state index in [-0.39, 0.29) is 17.0 Å². The van der Waals surface area contributed by atoms with E-state index in [0.717, 1.165) is 12.0 Å². The average Bonchev–Trinajstić information content (AvgIpc) is 2.69. The predicted molar refractivity (Wildman–Crippen MR) is 112 cm³/mol. The van der Waals surface area contributed by atoms with Gasteiger partial charge in [-0.15, -0.1) is 0 Å². The summed E-state index contributed by atoms with van der Waals surface area (Å²) in [4.78, 5) is 24.4. The molecule has 0 N–H and O–H groups in total. The first-order valence-electron chi connectivity index (χ1n) is 9.56. The smallest absolute Gasteiger partial charge is 0.336 e. The van der Waals surface area contributed by atoms with Gasteiger partial charge in [-0.05, 0) is 29.7 Å². The lowest BCUT2D eigenvalue weighted by atomic mass is 10.1. The Labute approximate surface area is 169 Å². The van der Waals surface area contributed by atoms with Crippen LogP contribution in [0.3, 0.4) is 0 Å². The van der Waals surface area contributed by atoms with Crippen LogP contribution in [-0.4, -0.2) is 30.4 Å². The van der Waals surface area contributed by atoms with Crippen molar-refractivity contribution in [2.24, 2.45) is 0 Å². The van der Waals surface area contributed by atoms with Crippen LogP contribution in [0.25, 0.3) is 11.0 Å². The summed E-state index contributed by atoms with van der Waals surface area (Å²) in [7, 11) is -3.70. The van der Waals surface area contributed by atoms with E-state index in [2.05, 4.69) is 0 Å². The maximum Gasteiger partial charge on any atom is 0.336 e. The van der Waals surface area contributed by atoms with Crippen LogP contribution in [0.1, 0.15) is 31.9 Å². The number of rotatable bonds is 7. The maximum absolute atomic E-state index is 12.8. The van der Waals surface area contributed by atoms with Crippen LogP contribution in [0.4, 0.5) is 0 Å². The number of aryl methyl sites for hydroxylation is 1. The molecule has 29 heavy (non-hydrogen) atoms. The lowest BCUT2D eigenvalue weighted by molar-refractivity contribution is 0.444. The van der Waals surface area contributed by atoms with Crippen molar-refractivity contribution < 1.29 is 12.8 Å². The fourth-order valence-corrected chi connectivity index (χ4v) is 4.79. The number of hydrogen-bond acceptors (Lipinski definition) is 5. The molecule has 154 valence electrons. The fraction of sp³-hybridized carbons (Fsp3) is 0.333. The van der Waals surface area contributed by atoms with Crippen LogP contribution in [-0.2, 0) is 23.0 Å². The second-order valence-electron chi connectivity index (χ2n) is 6.70. The SMILES string of the molecule is CCc1ccc2c(Cn3cc(S(=O)(=O)N(CC)CC)ccc3=O)cc(=O)oc2c1. The van der Waals surface area contributed by atoms with Gasteiger partial charge in [0.25, 0.3) is 5.56 Å². The Morgan fingerprint density at radius 1 is 1.00 bits per heavy atom. The molecule has 0 bridgehead atoms. The van der Waals surface area contributed by atoms with E-state index in [1.54, 1.807) is 13.8 Å². The van der Waals surface area contributed by atoms with Crippen LogP contribution in [0.15, 0.2) is 61.5 Å². The zero-order valence-corrected chi connectivity index (χ0v) is 17.5. The summed E-state index contributed by atoms with van der Waals surface area (Å²) in [5.74, 6) is 0. The van der Waals surface area contributed by atoms with E-state index in [1.807, 2.05) is 25.1 Å². The van der Waals surface area contributed by atoms with E-state index in [4.69, 9.17) is 4.42 Å². The minimum Gasteiger partial charge on any atom is -0.423 e. The third-order valence-electron chi connectivity index (χ3n) is 4.94. The van der Waals surface area contributed by atoms with E-state index >= 15 is 0 Å². The summed E-state index contributed by atoms with van der Waals surface area (Å²) in [6, 6.07) is 9.50. The normalized spacial score (nSPS) is 12.0. The highest BCUT2D eigenvalue weighted by molar-refractivity contribution is 7.89. The maximum atomic E-state index is 12.8. The van der Waals surface area contributed by atoms with Crippen LogP contribution < -0.4 is 11.2 Å². The zero-order chi connectivity index (χ0) is 21.2. The molecule has 8 heteroatoms. The monoisotopic (exact) mass is 416 g/mol. The molecule has 0 fully saturated rings. The Kier molecular flexibility index (Phi) is 6.04. The van der Waals surface area contributed by atoms with Gasteiger partial charge in [0.05, 0.1) is 11.4 Å². The predicted octanol–water partition coefficient (Wildman–Crippen LogP) is 2.60. The van der Waals surface area contributed by atoms with Gasteiger partial charge in [0.2, 0.25) is 10.0 Å². The molecule has 3 aromatic rings. The van der Waals surface area contributed by atoms with E-state index < -0.39 is 15.6 Å². The third kappa shape index (κ3) is 4.18. The van der Waals surface area contributed by atoms with Crippen molar-refractivity contribution in [3.05, 3.63) is 74.5 Å². The van der Waals surface area contributed by atoms with Gasteiger partial charge in [0.15, 0.2) is 0 Å². The molecule has 2 aromatic heterocycles. The van der Waals surface area contributed by atoms with Gasteiger partial charge in [0.1, 0.15) is 5.58 Å². The number of pyridine rings is 1. The van der Waals surface area contributed by atoms with Crippen molar-refractivity contribution >= 4 is 21.0 Å². The molecule has 3 rings (SSSR count). The molecule has 0 saturated heterocycles. The highest BCUT2D eigenvalue weighted by Crippen LogP contribution is 2.20. The molecule has 0 atom stereocenters. The Morgan fingerprint density at radius 3 is 2.38 bits per heavy atom. The first kappa shape index (κ1) is 21.0. The fourth-order valence-electron chi connectivity index (χ4n) is 3.31. The summed E-state index contributed by atoms with van der Waals surface area (Å²) in [5.41, 5.74) is 1.21. The molecule has 0 unspecified atom stereocenters. The summed E-state index contributed by atoms with van der Waals surface area (Å²) >= 11 is 0. The molecule has 7 nitrogen and oxygen atoms in total. The number of nitrogens with zero attached hydrogens (tertiary/aromatic N) is 2. The largest absolute Gasteiger partial charge is 0.423 e. The first-order chi connectivity index (χ1) is 13.8. The van der Waals surface area contributed by atoms with Crippen molar-refractivity contribution in [3.8, 4) is 0 Å². The highest BCUT2D eigenvalue weighted by atomic mass is 32.2. The van der Waals surface area contributed by atoms with Crippen LogP contribution in [0, 0.1) is 0 Å². The van der Waals surface area contributed by atoms with Crippen LogP contribution >= 0.6 is 0 Å². The van der Waals surface area contributed by atoms with Crippen molar-refractivity contribution in [1.29, 1.82) is 0 Å². The second-order valence-corrected chi connectivity index (χ2v) is 8.63. The van der Waals surface area contributed by atoms with Gasteiger partial charge in [-0.1, -0.05) is 32.9 Å². The molecule has 0 aliphatic heterocycles. The lowest BCUT2D eigenvalue weighted by Crippen LogP contribution is -2.32. The third-order valence-corrected chi connectivity index (χ3v) is 6.98. The Morgan fingerprint density at radius 2 is 1.72 bits per heavy atom. The van der Waals surface area contributed by atoms with Gasteiger partial charge in [-0.2, -0.15) is 4.31 Å². The van der Waals surface area contributed by atoms with Crippen LogP contribution in [0.2, 0.25) is 0 Å². The molecule has 0 radical (unpaired) electrons. The van der Waals surface area contributed by atoms with Crippen molar-refractivity contribution in [2.75, 3.05) is 13.1 Å². The molecular weight excluding hydrogens is 392 g/mol. The number of aromatic nitrogens is 1. The number of hydrogen-bond donors (Lipinski definition) is 0. The Bertz CT molecular complexity index is 1250. The lowest BCUT2D eigenvalue weighted by Gasteiger charge is -2.19. The van der Waals surface area contributed by atoms with Crippen molar-refractivity contribution in [3.63, 3.8) is 0 Å². The topological polar surface area (TPSA) is 89.6 Å². The van der Waals surface area contributed by atoms with E-state index in [1.165, 1.54) is 33.3 Å². The van der Waals surface area contributed by atoms with Gasteiger partial charge in [0, 0.05) is 36.8 Å². The summed E-state index contributed by atoms with van der Waals surface area (Å²) in [5, 5.41) is 0.714. The van der Waals surface area contributed by atoms with E-state index in [0.29, 0.717) is 29.6 Å². The summed E-state index contributed by atoms with van der Waals surface area (Å²) in [6.45, 7) is 6.26. The van der Waals surface area contributed by atoms with Gasteiger partial charge >= 0.3 is 5.63 Å². The molecule has 0 aliphatic rings. The van der Waals surface area contributed by atoms with E-state index in [9.17, 15) is 18.0 Å². The average molecular weight is 416 g/mol. The molecule has 0 spiro atoms. The summed E-state index contributed by atoms with van der Waals surface area (Å²) in [6.07, 6.45) is 2.13. The van der Waals surface area contributed by atoms with Crippen LogP contribution in [0.5, 0.6) is 0 Å². The van der Waals surface area contributed by atoms with Gasteiger partial charge < -0.3 is 8.98 Å². The molecule has 0 aliphatic carbocycles. The molecule has 0 saturated carbocycles. The second kappa shape index (κ2) is 8.34. The molecular formula is C21H24N2O5S. The standard InChI is InChI=1S/C21H24N2O5S/c1-4-15-7-9-18-16(12-21(25)28-19(18)11-15)13-22-14-17(8-10-20(22)24)29(26,27)23(5-2)6-3/h7-12,14H,4-6,13H2,1-3H3. The zero-order valence-electron chi connectivity index (χ0n) is 16.7.